The molecule has 5 heteroatoms. The Kier molecular flexibility index (Phi) is 5.40. The molecular weight excluding hydrogens is 408 g/mol. The Labute approximate surface area is 191 Å². The summed E-state index contributed by atoms with van der Waals surface area (Å²) in [5.74, 6) is 2.37. The van der Waals surface area contributed by atoms with E-state index in [2.05, 4.69) is 16.4 Å². The van der Waals surface area contributed by atoms with E-state index in [-0.39, 0.29) is 5.91 Å². The largest absolute Gasteiger partial charge is 0.335 e. The molecule has 3 aromatic carbocycles. The predicted molar refractivity (Wildman–Crippen MR) is 133 cm³/mol. The Morgan fingerprint density at radius 2 is 1.73 bits per heavy atom. The smallest absolute Gasteiger partial charge is 0.272 e. The zero-order chi connectivity index (χ0) is 22.6. The van der Waals surface area contributed by atoms with Crippen molar-refractivity contribution in [2.45, 2.75) is 6.54 Å². The highest BCUT2D eigenvalue weighted by Crippen LogP contribution is 2.25. The van der Waals surface area contributed by atoms with Crippen LogP contribution in [0.4, 0.5) is 0 Å². The molecule has 0 saturated carbocycles. The normalized spacial score (nSPS) is 11.1. The van der Waals surface area contributed by atoms with Gasteiger partial charge in [-0.15, -0.1) is 6.42 Å². The van der Waals surface area contributed by atoms with Gasteiger partial charge in [0.2, 0.25) is 0 Å². The van der Waals surface area contributed by atoms with E-state index in [1.165, 1.54) is 0 Å². The van der Waals surface area contributed by atoms with Crippen LogP contribution < -0.4 is 5.43 Å². The van der Waals surface area contributed by atoms with Crippen LogP contribution in [0.25, 0.3) is 33.1 Å². The average molecular weight is 428 g/mol. The van der Waals surface area contributed by atoms with Gasteiger partial charge in [-0.2, -0.15) is 5.10 Å². The first-order valence-electron chi connectivity index (χ1n) is 10.5. The fourth-order valence-corrected chi connectivity index (χ4v) is 3.95. The Balaban J connectivity index is 1.47. The number of nitrogens with one attached hydrogen (secondary N) is 1. The number of carbonyl (C=O) groups is 1. The van der Waals surface area contributed by atoms with Crippen molar-refractivity contribution in [3.8, 4) is 23.6 Å². The van der Waals surface area contributed by atoms with Crippen LogP contribution in [0.15, 0.2) is 96.2 Å². The maximum atomic E-state index is 13.1. The van der Waals surface area contributed by atoms with Crippen molar-refractivity contribution in [3.05, 3.63) is 102 Å². The van der Waals surface area contributed by atoms with Crippen molar-refractivity contribution in [1.82, 2.24) is 15.0 Å². The predicted octanol–water partition coefficient (Wildman–Crippen LogP) is 5.25. The molecule has 158 valence electrons. The SMILES string of the molecule is C#CCn1cc(/C=N\NC(=O)c2cc(-c3ccccc3)nc3ccccc23)c2ccccc21. The van der Waals surface area contributed by atoms with Crippen molar-refractivity contribution >= 4 is 33.9 Å². The van der Waals surface area contributed by atoms with Crippen LogP contribution in [0.1, 0.15) is 15.9 Å². The molecule has 0 bridgehead atoms. The van der Waals surface area contributed by atoms with E-state index < -0.39 is 0 Å². The third-order valence-electron chi connectivity index (χ3n) is 5.48. The summed E-state index contributed by atoms with van der Waals surface area (Å²) in [4.78, 5) is 17.9. The van der Waals surface area contributed by atoms with Gasteiger partial charge in [-0.25, -0.2) is 10.4 Å². The summed E-state index contributed by atoms with van der Waals surface area (Å²) in [6.07, 6.45) is 9.09. The second-order valence-electron chi connectivity index (χ2n) is 7.57. The molecular formula is C28H20N4O. The standard InChI is InChI=1S/C28H20N4O/c1-2-16-32-19-21(22-12-7-9-15-27(22)32)18-29-31-28(33)24-17-26(20-10-4-3-5-11-20)30-25-14-8-6-13-23(24)25/h1,3-15,17-19H,16H2,(H,31,33)/b29-18-. The summed E-state index contributed by atoms with van der Waals surface area (Å²) < 4.78 is 1.99. The minimum absolute atomic E-state index is 0.297. The summed E-state index contributed by atoms with van der Waals surface area (Å²) in [5.41, 5.74) is 7.54. The van der Waals surface area contributed by atoms with Gasteiger partial charge < -0.3 is 4.57 Å². The number of carbonyl (C=O) groups excluding carboxylic acids is 1. The molecule has 2 aromatic heterocycles. The Morgan fingerprint density at radius 1 is 1.00 bits per heavy atom. The van der Waals surface area contributed by atoms with E-state index in [0.29, 0.717) is 12.1 Å². The van der Waals surface area contributed by atoms with E-state index in [1.807, 2.05) is 89.6 Å². The van der Waals surface area contributed by atoms with Crippen LogP contribution in [0.5, 0.6) is 0 Å². The molecule has 1 N–H and O–H groups in total. The van der Waals surface area contributed by atoms with Gasteiger partial charge in [0.15, 0.2) is 0 Å². The maximum Gasteiger partial charge on any atom is 0.272 e. The van der Waals surface area contributed by atoms with Crippen molar-refractivity contribution in [2.24, 2.45) is 5.10 Å². The molecule has 33 heavy (non-hydrogen) atoms. The zero-order valence-corrected chi connectivity index (χ0v) is 17.8. The lowest BCUT2D eigenvalue weighted by molar-refractivity contribution is 0.0956. The molecule has 5 aromatic rings. The highest BCUT2D eigenvalue weighted by molar-refractivity contribution is 6.07. The first kappa shape index (κ1) is 20.2. The summed E-state index contributed by atoms with van der Waals surface area (Å²) >= 11 is 0. The third-order valence-corrected chi connectivity index (χ3v) is 5.48. The second kappa shape index (κ2) is 8.81. The molecule has 0 unspecified atom stereocenters. The highest BCUT2D eigenvalue weighted by Gasteiger charge is 2.13. The molecule has 0 fully saturated rings. The lowest BCUT2D eigenvalue weighted by atomic mass is 10.0. The molecule has 0 aliphatic heterocycles. The number of rotatable bonds is 5. The van der Waals surface area contributed by atoms with Crippen molar-refractivity contribution in [3.63, 3.8) is 0 Å². The number of fused-ring (bicyclic) bond motifs is 2. The average Bonchev–Trinajstić information content (AvgIpc) is 3.21. The number of benzene rings is 3. The van der Waals surface area contributed by atoms with Gasteiger partial charge in [0, 0.05) is 33.6 Å². The molecule has 2 heterocycles. The van der Waals surface area contributed by atoms with Gasteiger partial charge in [-0.1, -0.05) is 72.7 Å². The Bertz CT molecular complexity index is 1540. The topological polar surface area (TPSA) is 59.3 Å². The number of pyridine rings is 1. The number of aromatic nitrogens is 2. The lowest BCUT2D eigenvalue weighted by Crippen LogP contribution is -2.18. The second-order valence-corrected chi connectivity index (χ2v) is 7.57. The minimum atomic E-state index is -0.297. The van der Waals surface area contributed by atoms with Crippen molar-refractivity contribution < 1.29 is 4.79 Å². The molecule has 5 rings (SSSR count). The summed E-state index contributed by atoms with van der Waals surface area (Å²) in [5, 5.41) is 6.03. The number of para-hydroxylation sites is 2. The van der Waals surface area contributed by atoms with E-state index in [0.717, 1.165) is 38.6 Å². The zero-order valence-electron chi connectivity index (χ0n) is 17.8. The van der Waals surface area contributed by atoms with E-state index >= 15 is 0 Å². The third kappa shape index (κ3) is 3.98. The van der Waals surface area contributed by atoms with Gasteiger partial charge in [-0.05, 0) is 18.2 Å². The first-order valence-corrected chi connectivity index (χ1v) is 10.5. The molecule has 0 aliphatic rings. The van der Waals surface area contributed by atoms with Gasteiger partial charge in [0.05, 0.1) is 29.5 Å². The molecule has 0 aliphatic carbocycles. The molecule has 0 saturated heterocycles. The van der Waals surface area contributed by atoms with Crippen LogP contribution in [-0.2, 0) is 6.54 Å². The van der Waals surface area contributed by atoms with Crippen molar-refractivity contribution in [1.29, 1.82) is 0 Å². The number of nitrogens with zero attached hydrogens (tertiary/aromatic N) is 3. The van der Waals surface area contributed by atoms with Crippen LogP contribution >= 0.6 is 0 Å². The van der Waals surface area contributed by atoms with E-state index in [4.69, 9.17) is 11.4 Å². The fraction of sp³-hybridized carbons (Fsp3) is 0.0357. The monoisotopic (exact) mass is 428 g/mol. The summed E-state index contributed by atoms with van der Waals surface area (Å²) in [7, 11) is 0. The van der Waals surface area contributed by atoms with E-state index in [1.54, 1.807) is 12.3 Å². The van der Waals surface area contributed by atoms with Gasteiger partial charge in [0.25, 0.3) is 5.91 Å². The summed E-state index contributed by atoms with van der Waals surface area (Å²) in [6, 6.07) is 27.2. The van der Waals surface area contributed by atoms with E-state index in [9.17, 15) is 4.79 Å². The highest BCUT2D eigenvalue weighted by atomic mass is 16.2. The van der Waals surface area contributed by atoms with Crippen LogP contribution in [-0.4, -0.2) is 21.7 Å². The number of hydrogen-bond donors (Lipinski definition) is 1. The van der Waals surface area contributed by atoms with Crippen molar-refractivity contribution in [2.75, 3.05) is 0 Å². The van der Waals surface area contributed by atoms with Gasteiger partial charge in [-0.3, -0.25) is 4.79 Å². The molecule has 0 radical (unpaired) electrons. The van der Waals surface area contributed by atoms with Gasteiger partial charge in [0.1, 0.15) is 0 Å². The molecule has 0 atom stereocenters. The first-order chi connectivity index (χ1) is 16.2. The van der Waals surface area contributed by atoms with Crippen LogP contribution in [0.3, 0.4) is 0 Å². The lowest BCUT2D eigenvalue weighted by Gasteiger charge is -2.09. The van der Waals surface area contributed by atoms with Gasteiger partial charge >= 0.3 is 0 Å². The number of terminal acetylenes is 1. The minimum Gasteiger partial charge on any atom is -0.335 e. The number of hydrogen-bond acceptors (Lipinski definition) is 3. The summed E-state index contributed by atoms with van der Waals surface area (Å²) in [6.45, 7) is 0.464. The maximum absolute atomic E-state index is 13.1. The fourth-order valence-electron chi connectivity index (χ4n) is 3.95. The molecule has 0 spiro atoms. The number of hydrazone groups is 1. The Morgan fingerprint density at radius 3 is 2.55 bits per heavy atom. The Hall–Kier alpha value is -4.69. The number of amides is 1. The molecule has 1 amide bonds. The van der Waals surface area contributed by atoms with Crippen LogP contribution in [0.2, 0.25) is 0 Å². The molecule has 5 nitrogen and oxygen atoms in total. The van der Waals surface area contributed by atoms with Crippen LogP contribution in [0, 0.1) is 12.3 Å². The quantitative estimate of drug-likeness (QED) is 0.236.